The average Bonchev–Trinajstić information content (AvgIpc) is 2.49. The third kappa shape index (κ3) is 4.16. The number of nitrogens with two attached hydrogens (primary N) is 1. The number of nitrogens with zero attached hydrogens (tertiary/aromatic N) is 2. The van der Waals surface area contributed by atoms with E-state index in [9.17, 15) is 9.59 Å². The Morgan fingerprint density at radius 1 is 1.39 bits per heavy atom. The largest absolute Gasteiger partial charge is 0.348 e. The Morgan fingerprint density at radius 3 is 2.74 bits per heavy atom. The number of nitrogens with one attached hydrogen (secondary N) is 1. The monoisotopic (exact) mass is 316 g/mol. The van der Waals surface area contributed by atoms with Gasteiger partial charge in [0.25, 0.3) is 5.56 Å². The second-order valence-electron chi connectivity index (χ2n) is 6.61. The molecule has 0 aliphatic heterocycles. The third-order valence-corrected chi connectivity index (χ3v) is 3.80. The molecule has 23 heavy (non-hydrogen) atoms. The smallest absolute Gasteiger partial charge is 0.261 e. The normalized spacial score (nSPS) is 14.0. The van der Waals surface area contributed by atoms with Crippen LogP contribution in [0.5, 0.6) is 0 Å². The number of para-hydroxylation sites is 1. The molecular weight excluding hydrogens is 292 g/mol. The van der Waals surface area contributed by atoms with Crippen LogP contribution in [0.15, 0.2) is 35.4 Å². The molecule has 0 radical (unpaired) electrons. The highest BCUT2D eigenvalue weighted by Gasteiger charge is 2.26. The number of rotatable bonds is 6. The molecule has 1 aromatic heterocycles. The van der Waals surface area contributed by atoms with Gasteiger partial charge in [-0.15, -0.1) is 0 Å². The van der Waals surface area contributed by atoms with Crippen molar-refractivity contribution in [1.29, 1.82) is 0 Å². The number of aromatic nitrogens is 2. The summed E-state index contributed by atoms with van der Waals surface area (Å²) in [5.41, 5.74) is 5.74. The first-order valence-corrected chi connectivity index (χ1v) is 7.80. The molecule has 0 aliphatic carbocycles. The fourth-order valence-corrected chi connectivity index (χ4v) is 2.84. The SMILES string of the molecule is CC(C)CC(C)(CN)NC(=O)Cn1cnc2ccccc2c1=O. The second-order valence-corrected chi connectivity index (χ2v) is 6.61. The first-order chi connectivity index (χ1) is 10.8. The quantitative estimate of drug-likeness (QED) is 0.840. The number of amides is 1. The number of fused-ring (bicyclic) bond motifs is 1. The lowest BCUT2D eigenvalue weighted by Crippen LogP contribution is -2.53. The molecule has 124 valence electrons. The maximum Gasteiger partial charge on any atom is 0.261 e. The van der Waals surface area contributed by atoms with E-state index in [1.807, 2.05) is 13.0 Å². The molecule has 1 unspecified atom stereocenters. The van der Waals surface area contributed by atoms with E-state index in [4.69, 9.17) is 5.73 Å². The molecule has 1 atom stereocenters. The van der Waals surface area contributed by atoms with Crippen LogP contribution in [0.2, 0.25) is 0 Å². The zero-order valence-corrected chi connectivity index (χ0v) is 13.9. The summed E-state index contributed by atoms with van der Waals surface area (Å²) in [6, 6.07) is 7.09. The van der Waals surface area contributed by atoms with Gasteiger partial charge < -0.3 is 11.1 Å². The molecule has 2 rings (SSSR count). The van der Waals surface area contributed by atoms with Gasteiger partial charge in [-0.1, -0.05) is 26.0 Å². The highest BCUT2D eigenvalue weighted by Crippen LogP contribution is 2.15. The summed E-state index contributed by atoms with van der Waals surface area (Å²) in [5, 5.41) is 3.45. The van der Waals surface area contributed by atoms with Crippen molar-refractivity contribution in [3.8, 4) is 0 Å². The van der Waals surface area contributed by atoms with Crippen LogP contribution in [-0.2, 0) is 11.3 Å². The van der Waals surface area contributed by atoms with Crippen molar-refractivity contribution in [3.63, 3.8) is 0 Å². The van der Waals surface area contributed by atoms with Gasteiger partial charge in [-0.25, -0.2) is 4.98 Å². The average molecular weight is 316 g/mol. The molecule has 0 bridgehead atoms. The van der Waals surface area contributed by atoms with Crippen molar-refractivity contribution in [2.45, 2.75) is 39.3 Å². The van der Waals surface area contributed by atoms with Crippen molar-refractivity contribution in [3.05, 3.63) is 40.9 Å². The second kappa shape index (κ2) is 6.91. The van der Waals surface area contributed by atoms with Gasteiger partial charge in [0.05, 0.1) is 17.2 Å². The first-order valence-electron chi connectivity index (χ1n) is 7.80. The van der Waals surface area contributed by atoms with E-state index in [-0.39, 0.29) is 18.0 Å². The van der Waals surface area contributed by atoms with Gasteiger partial charge in [0.2, 0.25) is 5.91 Å². The molecule has 3 N–H and O–H groups in total. The Kier molecular flexibility index (Phi) is 5.15. The molecule has 0 saturated carbocycles. The van der Waals surface area contributed by atoms with Crippen LogP contribution in [0, 0.1) is 5.92 Å². The summed E-state index contributed by atoms with van der Waals surface area (Å²) in [6.07, 6.45) is 2.19. The number of hydrogen-bond donors (Lipinski definition) is 2. The Bertz CT molecular complexity index is 754. The van der Waals surface area contributed by atoms with Crippen molar-refractivity contribution in [2.75, 3.05) is 6.54 Å². The van der Waals surface area contributed by atoms with E-state index in [0.717, 1.165) is 6.42 Å². The molecule has 6 heteroatoms. The Labute approximate surface area is 135 Å². The Balaban J connectivity index is 2.17. The molecule has 0 fully saturated rings. The van der Waals surface area contributed by atoms with Crippen molar-refractivity contribution < 1.29 is 4.79 Å². The van der Waals surface area contributed by atoms with Crippen LogP contribution in [0.25, 0.3) is 10.9 Å². The molecule has 1 amide bonds. The lowest BCUT2D eigenvalue weighted by atomic mass is 9.91. The first kappa shape index (κ1) is 17.1. The van der Waals surface area contributed by atoms with Crippen LogP contribution >= 0.6 is 0 Å². The zero-order valence-electron chi connectivity index (χ0n) is 13.9. The third-order valence-electron chi connectivity index (χ3n) is 3.80. The van der Waals surface area contributed by atoms with Gasteiger partial charge in [0.1, 0.15) is 6.54 Å². The van der Waals surface area contributed by atoms with Crippen LogP contribution in [0.1, 0.15) is 27.2 Å². The number of benzene rings is 1. The molecule has 6 nitrogen and oxygen atoms in total. The predicted molar refractivity (Wildman–Crippen MR) is 91.1 cm³/mol. The fourth-order valence-electron chi connectivity index (χ4n) is 2.84. The molecule has 0 saturated heterocycles. The zero-order chi connectivity index (χ0) is 17.0. The lowest BCUT2D eigenvalue weighted by Gasteiger charge is -2.31. The number of hydrogen-bond acceptors (Lipinski definition) is 4. The van der Waals surface area contributed by atoms with Crippen molar-refractivity contribution in [1.82, 2.24) is 14.9 Å². The topological polar surface area (TPSA) is 90.0 Å². The fraction of sp³-hybridized carbons (Fsp3) is 0.471. The van der Waals surface area contributed by atoms with E-state index < -0.39 is 5.54 Å². The highest BCUT2D eigenvalue weighted by molar-refractivity contribution is 5.79. The maximum absolute atomic E-state index is 12.4. The Morgan fingerprint density at radius 2 is 2.09 bits per heavy atom. The van der Waals surface area contributed by atoms with Crippen LogP contribution in [-0.4, -0.2) is 27.5 Å². The number of carbonyl (C=O) groups is 1. The van der Waals surface area contributed by atoms with E-state index in [0.29, 0.717) is 23.4 Å². The minimum atomic E-state index is -0.473. The minimum Gasteiger partial charge on any atom is -0.348 e. The van der Waals surface area contributed by atoms with E-state index in [1.165, 1.54) is 10.9 Å². The summed E-state index contributed by atoms with van der Waals surface area (Å²) < 4.78 is 1.32. The van der Waals surface area contributed by atoms with Gasteiger partial charge in [-0.3, -0.25) is 14.2 Å². The van der Waals surface area contributed by atoms with E-state index >= 15 is 0 Å². The van der Waals surface area contributed by atoms with Gasteiger partial charge in [0.15, 0.2) is 0 Å². The highest BCUT2D eigenvalue weighted by atomic mass is 16.2. The van der Waals surface area contributed by atoms with Gasteiger partial charge in [-0.2, -0.15) is 0 Å². The summed E-state index contributed by atoms with van der Waals surface area (Å²) in [7, 11) is 0. The van der Waals surface area contributed by atoms with Crippen LogP contribution < -0.4 is 16.6 Å². The molecular formula is C17H24N4O2. The standard InChI is InChI=1S/C17H24N4O2/c1-12(2)8-17(3,10-18)20-15(22)9-21-11-19-14-7-5-4-6-13(14)16(21)23/h4-7,11-12H,8-10,18H2,1-3H3,(H,20,22). The van der Waals surface area contributed by atoms with Crippen LogP contribution in [0.3, 0.4) is 0 Å². The summed E-state index contributed by atoms with van der Waals surface area (Å²) in [6.45, 7) is 6.37. The molecule has 2 aromatic rings. The van der Waals surface area contributed by atoms with Crippen molar-refractivity contribution in [2.24, 2.45) is 11.7 Å². The summed E-state index contributed by atoms with van der Waals surface area (Å²) >= 11 is 0. The predicted octanol–water partition coefficient (Wildman–Crippen LogP) is 1.28. The molecule has 0 aliphatic rings. The van der Waals surface area contributed by atoms with Gasteiger partial charge in [-0.05, 0) is 31.4 Å². The molecule has 1 aromatic carbocycles. The summed E-state index contributed by atoms with van der Waals surface area (Å²) in [5.74, 6) is 0.173. The van der Waals surface area contributed by atoms with E-state index in [1.54, 1.807) is 18.2 Å². The minimum absolute atomic E-state index is 0.0651. The molecule has 0 spiro atoms. The number of carbonyl (C=O) groups excluding carboxylic acids is 1. The summed E-state index contributed by atoms with van der Waals surface area (Å²) in [4.78, 5) is 28.9. The van der Waals surface area contributed by atoms with Gasteiger partial charge >= 0.3 is 0 Å². The van der Waals surface area contributed by atoms with E-state index in [2.05, 4.69) is 24.1 Å². The van der Waals surface area contributed by atoms with Crippen molar-refractivity contribution >= 4 is 16.8 Å². The van der Waals surface area contributed by atoms with Crippen LogP contribution in [0.4, 0.5) is 0 Å². The lowest BCUT2D eigenvalue weighted by molar-refractivity contribution is -0.123. The Hall–Kier alpha value is -2.21. The van der Waals surface area contributed by atoms with Gasteiger partial charge in [0, 0.05) is 12.1 Å². The maximum atomic E-state index is 12.4. The molecule has 1 heterocycles.